The molecule has 0 aliphatic heterocycles. The zero-order chi connectivity index (χ0) is 14.4. The molecule has 5 heteroatoms. The zero-order valence-corrected chi connectivity index (χ0v) is 12.0. The zero-order valence-electron chi connectivity index (χ0n) is 11.2. The Balaban J connectivity index is 1.92. The number of rotatable bonds is 5. The van der Waals surface area contributed by atoms with Crippen LogP contribution in [0, 0.1) is 0 Å². The van der Waals surface area contributed by atoms with Crippen molar-refractivity contribution in [1.29, 1.82) is 0 Å². The van der Waals surface area contributed by atoms with Gasteiger partial charge in [0.05, 0.1) is 0 Å². The second kappa shape index (κ2) is 6.86. The number of amides is 2. The van der Waals surface area contributed by atoms with Gasteiger partial charge in [-0.05, 0) is 36.1 Å². The number of hydrogen-bond donors (Lipinski definition) is 2. The molecule has 0 bridgehead atoms. The van der Waals surface area contributed by atoms with Crippen LogP contribution in [0.2, 0.25) is 0 Å². The van der Waals surface area contributed by atoms with Gasteiger partial charge in [0.2, 0.25) is 5.91 Å². The molecule has 0 aliphatic rings. The van der Waals surface area contributed by atoms with Crippen LogP contribution in [0.3, 0.4) is 0 Å². The molecule has 2 rings (SSSR count). The highest BCUT2D eigenvalue weighted by Gasteiger charge is 2.07. The van der Waals surface area contributed by atoms with Gasteiger partial charge >= 0.3 is 0 Å². The molecule has 0 aliphatic carbocycles. The van der Waals surface area contributed by atoms with E-state index >= 15 is 0 Å². The molecule has 104 valence electrons. The Hall–Kier alpha value is -2.14. The van der Waals surface area contributed by atoms with Crippen molar-refractivity contribution in [2.45, 2.75) is 12.8 Å². The second-order valence-corrected chi connectivity index (χ2v) is 5.32. The van der Waals surface area contributed by atoms with Crippen molar-refractivity contribution >= 4 is 28.8 Å². The van der Waals surface area contributed by atoms with Crippen LogP contribution in [0.4, 0.5) is 5.69 Å². The Kier molecular flexibility index (Phi) is 4.90. The smallest absolute Gasteiger partial charge is 0.251 e. The molecule has 1 aromatic carbocycles. The van der Waals surface area contributed by atoms with Crippen LogP contribution in [-0.4, -0.2) is 18.9 Å². The third-order valence-corrected chi connectivity index (χ3v) is 3.75. The maximum Gasteiger partial charge on any atom is 0.251 e. The summed E-state index contributed by atoms with van der Waals surface area (Å²) >= 11 is 1.65. The summed E-state index contributed by atoms with van der Waals surface area (Å²) in [6, 6.07) is 10.9. The minimum absolute atomic E-state index is 0.0487. The van der Waals surface area contributed by atoms with Crippen molar-refractivity contribution in [3.8, 4) is 0 Å². The molecule has 0 radical (unpaired) electrons. The highest BCUT2D eigenvalue weighted by molar-refractivity contribution is 7.09. The van der Waals surface area contributed by atoms with Crippen molar-refractivity contribution in [1.82, 2.24) is 5.32 Å². The van der Waals surface area contributed by atoms with Gasteiger partial charge in [0.25, 0.3) is 5.91 Å². The number of anilines is 1. The lowest BCUT2D eigenvalue weighted by molar-refractivity contribution is -0.116. The van der Waals surface area contributed by atoms with E-state index in [-0.39, 0.29) is 11.8 Å². The molecule has 2 amide bonds. The van der Waals surface area contributed by atoms with E-state index in [0.717, 1.165) is 6.42 Å². The third-order valence-electron chi connectivity index (χ3n) is 2.81. The number of aryl methyl sites for hydroxylation is 1. The maximum absolute atomic E-state index is 11.9. The topological polar surface area (TPSA) is 58.2 Å². The van der Waals surface area contributed by atoms with Crippen molar-refractivity contribution < 1.29 is 9.59 Å². The van der Waals surface area contributed by atoms with E-state index in [1.807, 2.05) is 17.5 Å². The first kappa shape index (κ1) is 14.3. The molecule has 0 saturated carbocycles. The van der Waals surface area contributed by atoms with Crippen molar-refractivity contribution in [3.05, 3.63) is 52.2 Å². The number of carbonyl (C=O) groups excluding carboxylic acids is 2. The van der Waals surface area contributed by atoms with Gasteiger partial charge < -0.3 is 10.6 Å². The van der Waals surface area contributed by atoms with Crippen molar-refractivity contribution in [2.24, 2.45) is 0 Å². The minimum atomic E-state index is -0.167. The number of thiophene rings is 1. The molecule has 4 nitrogen and oxygen atoms in total. The average molecular weight is 288 g/mol. The van der Waals surface area contributed by atoms with Gasteiger partial charge in [-0.15, -0.1) is 11.3 Å². The fourth-order valence-corrected chi connectivity index (χ4v) is 2.51. The van der Waals surface area contributed by atoms with Crippen molar-refractivity contribution in [3.63, 3.8) is 0 Å². The molecule has 2 N–H and O–H groups in total. The monoisotopic (exact) mass is 288 g/mol. The van der Waals surface area contributed by atoms with E-state index in [1.54, 1.807) is 42.6 Å². The van der Waals surface area contributed by atoms with Crippen LogP contribution < -0.4 is 10.6 Å². The lowest BCUT2D eigenvalue weighted by Crippen LogP contribution is -2.18. The SMILES string of the molecule is CNC(=O)c1cccc(NC(=O)CCc2cccs2)c1. The molecule has 0 fully saturated rings. The standard InChI is InChI=1S/C15H16N2O2S/c1-16-15(19)11-4-2-5-12(10-11)17-14(18)8-7-13-6-3-9-20-13/h2-6,9-10H,7-8H2,1H3,(H,16,19)(H,17,18). The Morgan fingerprint density at radius 1 is 1.20 bits per heavy atom. The summed E-state index contributed by atoms with van der Waals surface area (Å²) in [7, 11) is 1.58. The van der Waals surface area contributed by atoms with Gasteiger partial charge in [0.1, 0.15) is 0 Å². The maximum atomic E-state index is 11.9. The molecular formula is C15H16N2O2S. The van der Waals surface area contributed by atoms with Crippen LogP contribution in [0.25, 0.3) is 0 Å². The fraction of sp³-hybridized carbons (Fsp3) is 0.200. The minimum Gasteiger partial charge on any atom is -0.355 e. The summed E-state index contributed by atoms with van der Waals surface area (Å²) in [4.78, 5) is 24.6. The van der Waals surface area contributed by atoms with Gasteiger partial charge in [-0.1, -0.05) is 12.1 Å². The molecule has 20 heavy (non-hydrogen) atoms. The first-order valence-corrected chi connectivity index (χ1v) is 7.21. The largest absolute Gasteiger partial charge is 0.355 e. The highest BCUT2D eigenvalue weighted by atomic mass is 32.1. The number of carbonyl (C=O) groups is 2. The number of benzene rings is 1. The Labute approximate surface area is 121 Å². The fourth-order valence-electron chi connectivity index (χ4n) is 1.80. The Morgan fingerprint density at radius 3 is 2.75 bits per heavy atom. The molecule has 0 spiro atoms. The van der Waals surface area contributed by atoms with Crippen molar-refractivity contribution in [2.75, 3.05) is 12.4 Å². The summed E-state index contributed by atoms with van der Waals surface area (Å²) in [5, 5.41) is 7.36. The highest BCUT2D eigenvalue weighted by Crippen LogP contribution is 2.13. The number of nitrogens with one attached hydrogen (secondary N) is 2. The normalized spacial score (nSPS) is 10.1. The summed E-state index contributed by atoms with van der Waals surface area (Å²) < 4.78 is 0. The first-order chi connectivity index (χ1) is 9.69. The first-order valence-electron chi connectivity index (χ1n) is 6.33. The summed E-state index contributed by atoms with van der Waals surface area (Å²) in [5.41, 5.74) is 1.17. The van der Waals surface area contributed by atoms with E-state index in [0.29, 0.717) is 17.7 Å². The van der Waals surface area contributed by atoms with Gasteiger partial charge in [-0.3, -0.25) is 9.59 Å². The molecule has 1 heterocycles. The third kappa shape index (κ3) is 3.93. The summed E-state index contributed by atoms with van der Waals surface area (Å²) in [6.45, 7) is 0. The van der Waals surface area contributed by atoms with Gasteiger partial charge in [0.15, 0.2) is 0 Å². The van der Waals surface area contributed by atoms with E-state index in [4.69, 9.17) is 0 Å². The lowest BCUT2D eigenvalue weighted by Gasteiger charge is -2.06. The second-order valence-electron chi connectivity index (χ2n) is 4.29. The van der Waals surface area contributed by atoms with Crippen LogP contribution in [0.15, 0.2) is 41.8 Å². The molecule has 0 unspecified atom stereocenters. The van der Waals surface area contributed by atoms with E-state index in [1.165, 1.54) is 4.88 Å². The quantitative estimate of drug-likeness (QED) is 0.888. The summed E-state index contributed by atoms with van der Waals surface area (Å²) in [5.74, 6) is -0.216. The van der Waals surface area contributed by atoms with Crippen LogP contribution in [0.1, 0.15) is 21.7 Å². The van der Waals surface area contributed by atoms with Crippen LogP contribution in [0.5, 0.6) is 0 Å². The summed E-state index contributed by atoms with van der Waals surface area (Å²) in [6.07, 6.45) is 1.17. The molecular weight excluding hydrogens is 272 g/mol. The molecule has 1 aromatic heterocycles. The average Bonchev–Trinajstić information content (AvgIpc) is 2.98. The van der Waals surface area contributed by atoms with E-state index in [2.05, 4.69) is 10.6 Å². The van der Waals surface area contributed by atoms with E-state index in [9.17, 15) is 9.59 Å². The van der Waals surface area contributed by atoms with E-state index < -0.39 is 0 Å². The molecule has 2 aromatic rings. The molecule has 0 saturated heterocycles. The molecule has 0 atom stereocenters. The Morgan fingerprint density at radius 2 is 2.05 bits per heavy atom. The van der Waals surface area contributed by atoms with Crippen LogP contribution in [-0.2, 0) is 11.2 Å². The van der Waals surface area contributed by atoms with Gasteiger partial charge in [0, 0.05) is 29.6 Å². The van der Waals surface area contributed by atoms with Crippen LogP contribution >= 0.6 is 11.3 Å². The van der Waals surface area contributed by atoms with Gasteiger partial charge in [-0.2, -0.15) is 0 Å². The Bertz CT molecular complexity index is 594. The lowest BCUT2D eigenvalue weighted by atomic mass is 10.2. The predicted octanol–water partition coefficient (Wildman–Crippen LogP) is 2.68. The van der Waals surface area contributed by atoms with Gasteiger partial charge in [-0.25, -0.2) is 0 Å². The number of hydrogen-bond acceptors (Lipinski definition) is 3. The predicted molar refractivity (Wildman–Crippen MR) is 81.1 cm³/mol.